The number of nitrogens with one attached hydrogen (secondary N) is 1. The van der Waals surface area contributed by atoms with Gasteiger partial charge in [-0.25, -0.2) is 4.99 Å². The molecule has 0 spiro atoms. The number of thiazole rings is 1. The lowest BCUT2D eigenvalue weighted by molar-refractivity contribution is -0.385. The molecule has 0 aliphatic carbocycles. The van der Waals surface area contributed by atoms with Crippen LogP contribution in [0.15, 0.2) is 87.8 Å². The van der Waals surface area contributed by atoms with Crippen LogP contribution in [-0.4, -0.2) is 28.8 Å². The Balaban J connectivity index is 1.51. The van der Waals surface area contributed by atoms with Gasteiger partial charge >= 0.3 is 0 Å². The number of carbonyl (C=O) groups is 1. The molecule has 3 heterocycles. The monoisotopic (exact) mass is 584 g/mol. The molecule has 2 aliphatic heterocycles. The van der Waals surface area contributed by atoms with E-state index in [-0.39, 0.29) is 28.3 Å². The highest BCUT2D eigenvalue weighted by molar-refractivity contribution is 7.07. The number of anilines is 1. The molecule has 1 N–H and O–H groups in total. The van der Waals surface area contributed by atoms with Crippen LogP contribution in [0, 0.1) is 10.1 Å². The highest BCUT2D eigenvalue weighted by atomic mass is 32.1. The van der Waals surface area contributed by atoms with E-state index in [4.69, 9.17) is 14.2 Å². The third kappa shape index (κ3) is 4.92. The van der Waals surface area contributed by atoms with Crippen molar-refractivity contribution < 1.29 is 23.9 Å². The molecule has 0 unspecified atom stereocenters. The van der Waals surface area contributed by atoms with Gasteiger partial charge in [0.25, 0.3) is 17.2 Å². The molecule has 0 fully saturated rings. The van der Waals surface area contributed by atoms with Gasteiger partial charge < -0.3 is 19.5 Å². The summed E-state index contributed by atoms with van der Waals surface area (Å²) in [6.07, 6.45) is 1.45. The fraction of sp³-hybridized carbons (Fsp3) is 0.167. The number of nitrogens with zero attached hydrogens (tertiary/aromatic N) is 3. The average molecular weight is 585 g/mol. The number of benzene rings is 3. The third-order valence-electron chi connectivity index (χ3n) is 6.81. The normalized spacial score (nSPS) is 15.7. The van der Waals surface area contributed by atoms with Crippen molar-refractivity contribution in [3.63, 3.8) is 0 Å². The molecule has 0 bridgehead atoms. The van der Waals surface area contributed by atoms with Crippen LogP contribution >= 0.6 is 11.3 Å². The summed E-state index contributed by atoms with van der Waals surface area (Å²) in [6, 6.07) is 18.1. The molecule has 2 aliphatic rings. The van der Waals surface area contributed by atoms with Gasteiger partial charge in [-0.05, 0) is 55.8 Å². The highest BCUT2D eigenvalue weighted by Gasteiger charge is 2.33. The summed E-state index contributed by atoms with van der Waals surface area (Å²) in [5, 5.41) is 14.8. The Morgan fingerprint density at radius 2 is 1.88 bits per heavy atom. The number of fused-ring (bicyclic) bond motifs is 2. The van der Waals surface area contributed by atoms with Crippen molar-refractivity contribution in [1.29, 1.82) is 0 Å². The third-order valence-corrected chi connectivity index (χ3v) is 7.79. The van der Waals surface area contributed by atoms with E-state index < -0.39 is 22.4 Å². The van der Waals surface area contributed by atoms with E-state index in [1.807, 2.05) is 37.3 Å². The maximum Gasteiger partial charge on any atom is 0.280 e. The Bertz CT molecular complexity index is 1930. The summed E-state index contributed by atoms with van der Waals surface area (Å²) >= 11 is 1.08. The molecule has 1 atom stereocenters. The number of nitro benzene ring substituents is 1. The SMILES string of the molecule is CCOc1ccc([C@@H]2C(C(=O)Nc3ccccc3)=C(C)N=c3s/c(=C\c4cc5c(cc4[N+](=O)[O-])OCO5)c(=O)n32)cc1. The molecule has 6 rings (SSSR count). The zero-order chi connectivity index (χ0) is 29.4. The van der Waals surface area contributed by atoms with E-state index in [0.717, 1.165) is 11.3 Å². The lowest BCUT2D eigenvalue weighted by Gasteiger charge is -2.25. The fourth-order valence-electron chi connectivity index (χ4n) is 4.92. The minimum Gasteiger partial charge on any atom is -0.494 e. The molecule has 42 heavy (non-hydrogen) atoms. The topological polar surface area (TPSA) is 134 Å². The minimum atomic E-state index is -0.811. The van der Waals surface area contributed by atoms with Crippen molar-refractivity contribution in [2.24, 2.45) is 4.99 Å². The largest absolute Gasteiger partial charge is 0.494 e. The van der Waals surface area contributed by atoms with Crippen LogP contribution in [0.3, 0.4) is 0 Å². The zero-order valence-corrected chi connectivity index (χ0v) is 23.3. The number of rotatable bonds is 7. The number of allylic oxidation sites excluding steroid dienone is 1. The Hall–Kier alpha value is -5.23. The lowest BCUT2D eigenvalue weighted by Crippen LogP contribution is -2.40. The van der Waals surface area contributed by atoms with E-state index in [1.54, 1.807) is 31.2 Å². The Morgan fingerprint density at radius 1 is 1.17 bits per heavy atom. The number of ether oxygens (including phenoxy) is 3. The Labute approximate surface area is 242 Å². The second-order valence-corrected chi connectivity index (χ2v) is 10.4. The van der Waals surface area contributed by atoms with Gasteiger partial charge in [0, 0.05) is 5.69 Å². The first-order valence-corrected chi connectivity index (χ1v) is 13.9. The van der Waals surface area contributed by atoms with Crippen molar-refractivity contribution >= 4 is 34.7 Å². The van der Waals surface area contributed by atoms with E-state index >= 15 is 0 Å². The van der Waals surface area contributed by atoms with Crippen molar-refractivity contribution in [3.05, 3.63) is 119 Å². The van der Waals surface area contributed by atoms with Crippen LogP contribution in [0.2, 0.25) is 0 Å². The second kappa shape index (κ2) is 11.0. The standard InChI is InChI=1S/C30H24N4O7S/c1-3-39-21-11-9-18(10-12-21)27-26(28(35)32-20-7-5-4-6-8-20)17(2)31-30-33(27)29(36)25(42-30)14-19-13-23-24(41-16-40-23)15-22(19)34(37)38/h4-15,27H,3,16H2,1-2H3,(H,32,35)/b25-14-/t27-/m1/s1. The molecule has 212 valence electrons. The first-order valence-electron chi connectivity index (χ1n) is 13.0. The van der Waals surface area contributed by atoms with Crippen LogP contribution in [-0.2, 0) is 4.79 Å². The van der Waals surface area contributed by atoms with Crippen LogP contribution in [0.5, 0.6) is 17.2 Å². The number of para-hydroxylation sites is 1. The van der Waals surface area contributed by atoms with Crippen LogP contribution in [0.1, 0.15) is 31.0 Å². The average Bonchev–Trinajstić information content (AvgIpc) is 3.56. The number of nitro groups is 1. The maximum atomic E-state index is 14.0. The molecule has 3 aromatic carbocycles. The summed E-state index contributed by atoms with van der Waals surface area (Å²) in [7, 11) is 0. The molecule has 0 radical (unpaired) electrons. The predicted octanol–water partition coefficient (Wildman–Crippen LogP) is 3.91. The van der Waals surface area contributed by atoms with Gasteiger partial charge in [0.05, 0.1) is 45.0 Å². The molecule has 12 heteroatoms. The molecule has 1 amide bonds. The van der Waals surface area contributed by atoms with Crippen molar-refractivity contribution in [3.8, 4) is 17.2 Å². The first-order chi connectivity index (χ1) is 20.3. The lowest BCUT2D eigenvalue weighted by atomic mass is 9.95. The van der Waals surface area contributed by atoms with Crippen molar-refractivity contribution in [1.82, 2.24) is 4.57 Å². The molecule has 0 saturated carbocycles. The molecule has 0 saturated heterocycles. The summed E-state index contributed by atoms with van der Waals surface area (Å²) in [5.41, 5.74) is 1.54. The second-order valence-electron chi connectivity index (χ2n) is 9.43. The predicted molar refractivity (Wildman–Crippen MR) is 156 cm³/mol. The van der Waals surface area contributed by atoms with E-state index in [9.17, 15) is 19.7 Å². The van der Waals surface area contributed by atoms with Gasteiger partial charge in [0.2, 0.25) is 6.79 Å². The van der Waals surface area contributed by atoms with Crippen LogP contribution in [0.25, 0.3) is 6.08 Å². The van der Waals surface area contributed by atoms with Crippen LogP contribution < -0.4 is 34.4 Å². The fourth-order valence-corrected chi connectivity index (χ4v) is 5.96. The summed E-state index contributed by atoms with van der Waals surface area (Å²) in [5.74, 6) is 0.866. The van der Waals surface area contributed by atoms with Gasteiger partial charge in [0.1, 0.15) is 5.75 Å². The summed E-state index contributed by atoms with van der Waals surface area (Å²) in [4.78, 5) is 44.0. The Morgan fingerprint density at radius 3 is 2.57 bits per heavy atom. The van der Waals surface area contributed by atoms with Gasteiger partial charge in [-0.3, -0.25) is 24.3 Å². The van der Waals surface area contributed by atoms with E-state index in [2.05, 4.69) is 10.3 Å². The van der Waals surface area contributed by atoms with Crippen molar-refractivity contribution in [2.75, 3.05) is 18.7 Å². The zero-order valence-electron chi connectivity index (χ0n) is 22.5. The number of hydrogen-bond acceptors (Lipinski definition) is 9. The highest BCUT2D eigenvalue weighted by Crippen LogP contribution is 2.38. The summed E-state index contributed by atoms with van der Waals surface area (Å²) in [6.45, 7) is 4.05. The van der Waals surface area contributed by atoms with Gasteiger partial charge in [0.15, 0.2) is 16.3 Å². The maximum absolute atomic E-state index is 14.0. The van der Waals surface area contributed by atoms with Crippen LogP contribution in [0.4, 0.5) is 11.4 Å². The molecular formula is C30H24N4O7S. The van der Waals surface area contributed by atoms with Gasteiger partial charge in [-0.15, -0.1) is 0 Å². The minimum absolute atomic E-state index is 0.0483. The van der Waals surface area contributed by atoms with Crippen molar-refractivity contribution in [2.45, 2.75) is 19.9 Å². The number of carbonyl (C=O) groups excluding carboxylic acids is 1. The Kier molecular flexibility index (Phi) is 7.05. The molecule has 4 aromatic rings. The molecule has 1 aromatic heterocycles. The van der Waals surface area contributed by atoms with Gasteiger partial charge in [-0.2, -0.15) is 0 Å². The van der Waals surface area contributed by atoms with E-state index in [0.29, 0.717) is 45.4 Å². The number of hydrogen-bond donors (Lipinski definition) is 1. The smallest absolute Gasteiger partial charge is 0.280 e. The molecular weight excluding hydrogens is 560 g/mol. The van der Waals surface area contributed by atoms with E-state index in [1.165, 1.54) is 22.8 Å². The number of aromatic nitrogens is 1. The molecule has 11 nitrogen and oxygen atoms in total. The first kappa shape index (κ1) is 27.0. The number of amides is 1. The quantitative estimate of drug-likeness (QED) is 0.257. The summed E-state index contributed by atoms with van der Waals surface area (Å²) < 4.78 is 18.0. The van der Waals surface area contributed by atoms with Gasteiger partial charge in [-0.1, -0.05) is 41.7 Å².